The number of nitro groups is 1. The molecule has 2 fully saturated rings. The first-order valence-electron chi connectivity index (χ1n) is 7.74. The van der Waals surface area contributed by atoms with Gasteiger partial charge in [-0.25, -0.2) is 0 Å². The summed E-state index contributed by atoms with van der Waals surface area (Å²) in [5.41, 5.74) is 0.485. The molecule has 2 aliphatic carbocycles. The molecule has 0 aliphatic heterocycles. The number of hydrogen-bond acceptors (Lipinski definition) is 4. The summed E-state index contributed by atoms with van der Waals surface area (Å²) in [5, 5.41) is 20.3. The molecule has 1 aromatic carbocycles. The number of carbonyl (C=O) groups is 2. The second-order valence-electron chi connectivity index (χ2n) is 6.21. The summed E-state index contributed by atoms with van der Waals surface area (Å²) in [4.78, 5) is 36.2. The highest BCUT2D eigenvalue weighted by atomic mass is 16.6. The third-order valence-corrected chi connectivity index (χ3v) is 4.71. The van der Waals surface area contributed by atoms with E-state index in [1.807, 2.05) is 0 Å². The van der Waals surface area contributed by atoms with Crippen molar-refractivity contribution >= 4 is 17.6 Å². The van der Waals surface area contributed by atoms with E-state index in [1.165, 1.54) is 6.07 Å². The fraction of sp³-hybridized carbons (Fsp3) is 0.500. The molecule has 2 saturated carbocycles. The molecule has 2 unspecified atom stereocenters. The molecule has 7 nitrogen and oxygen atoms in total. The number of nitrogens with zero attached hydrogens (tertiary/aromatic N) is 2. The Bertz CT molecular complexity index is 656. The number of carboxylic acid groups (broad SMARTS) is 1. The summed E-state index contributed by atoms with van der Waals surface area (Å²) in [6.45, 7) is 0.170. The monoisotopic (exact) mass is 318 g/mol. The van der Waals surface area contributed by atoms with Crippen LogP contribution in [0.4, 0.5) is 5.69 Å². The maximum absolute atomic E-state index is 12.7. The van der Waals surface area contributed by atoms with Gasteiger partial charge in [0.2, 0.25) is 5.91 Å². The first-order valence-corrected chi connectivity index (χ1v) is 7.74. The summed E-state index contributed by atoms with van der Waals surface area (Å²) < 4.78 is 0. The van der Waals surface area contributed by atoms with Gasteiger partial charge >= 0.3 is 5.97 Å². The quantitative estimate of drug-likeness (QED) is 0.640. The lowest BCUT2D eigenvalue weighted by molar-refractivity contribution is -0.385. The number of rotatable bonds is 6. The molecule has 0 spiro atoms. The second kappa shape index (κ2) is 5.98. The van der Waals surface area contributed by atoms with E-state index in [-0.39, 0.29) is 24.2 Å². The molecule has 1 N–H and O–H groups in total. The zero-order chi connectivity index (χ0) is 16.6. The van der Waals surface area contributed by atoms with Crippen molar-refractivity contribution in [3.8, 4) is 0 Å². The van der Waals surface area contributed by atoms with Crippen LogP contribution in [0.25, 0.3) is 0 Å². The van der Waals surface area contributed by atoms with Gasteiger partial charge in [-0.3, -0.25) is 19.7 Å². The molecule has 23 heavy (non-hydrogen) atoms. The van der Waals surface area contributed by atoms with E-state index in [1.54, 1.807) is 23.1 Å². The van der Waals surface area contributed by atoms with Crippen LogP contribution in [0.2, 0.25) is 0 Å². The number of nitro benzene ring substituents is 1. The molecule has 2 atom stereocenters. The minimum Gasteiger partial charge on any atom is -0.481 e. The van der Waals surface area contributed by atoms with Crippen molar-refractivity contribution < 1.29 is 19.6 Å². The van der Waals surface area contributed by atoms with E-state index >= 15 is 0 Å². The first-order chi connectivity index (χ1) is 11.0. The minimum absolute atomic E-state index is 0.00524. The van der Waals surface area contributed by atoms with E-state index in [9.17, 15) is 19.7 Å². The van der Waals surface area contributed by atoms with Gasteiger partial charge in [0.1, 0.15) is 0 Å². The van der Waals surface area contributed by atoms with Crippen LogP contribution in [0.3, 0.4) is 0 Å². The van der Waals surface area contributed by atoms with Crippen molar-refractivity contribution in [2.75, 3.05) is 0 Å². The fourth-order valence-electron chi connectivity index (χ4n) is 3.08. The minimum atomic E-state index is -0.934. The number of carbonyl (C=O) groups excluding carboxylic acids is 1. The molecular weight excluding hydrogens is 300 g/mol. The number of aliphatic carboxylic acids is 1. The van der Waals surface area contributed by atoms with Crippen LogP contribution < -0.4 is 0 Å². The van der Waals surface area contributed by atoms with Crippen LogP contribution >= 0.6 is 0 Å². The van der Waals surface area contributed by atoms with Gasteiger partial charge < -0.3 is 10.0 Å². The number of carboxylic acids is 1. The van der Waals surface area contributed by atoms with Crippen molar-refractivity contribution in [3.05, 3.63) is 39.9 Å². The topological polar surface area (TPSA) is 101 Å². The van der Waals surface area contributed by atoms with Gasteiger partial charge in [0.25, 0.3) is 5.69 Å². The zero-order valence-electron chi connectivity index (χ0n) is 12.6. The fourth-order valence-corrected chi connectivity index (χ4v) is 3.08. The second-order valence-corrected chi connectivity index (χ2v) is 6.21. The lowest BCUT2D eigenvalue weighted by atomic mass is 9.73. The van der Waals surface area contributed by atoms with Gasteiger partial charge in [0, 0.05) is 17.7 Å². The van der Waals surface area contributed by atoms with Gasteiger partial charge in [0.15, 0.2) is 0 Å². The predicted octanol–water partition coefficient (Wildman–Crippen LogP) is 2.20. The molecule has 2 aliphatic rings. The number of para-hydroxylation sites is 1. The van der Waals surface area contributed by atoms with Gasteiger partial charge in [-0.2, -0.15) is 0 Å². The normalized spacial score (nSPS) is 23.0. The maximum atomic E-state index is 12.7. The van der Waals surface area contributed by atoms with Crippen LogP contribution in [0.5, 0.6) is 0 Å². The molecule has 3 rings (SSSR count). The molecule has 0 heterocycles. The van der Waals surface area contributed by atoms with Crippen molar-refractivity contribution in [1.29, 1.82) is 0 Å². The summed E-state index contributed by atoms with van der Waals surface area (Å²) in [6.07, 6.45) is 2.85. The van der Waals surface area contributed by atoms with Gasteiger partial charge in [-0.15, -0.1) is 0 Å². The summed E-state index contributed by atoms with van der Waals surface area (Å²) in [5.74, 6) is -2.22. The standard InChI is InChI=1S/C16H18N2O5/c19-15(12-7-8-13(12)16(20)21)17(11-5-6-11)9-10-3-1-2-4-14(10)18(22)23/h1-4,11-13H,5-9H2,(H,20,21). The largest absolute Gasteiger partial charge is 0.481 e. The van der Waals surface area contributed by atoms with Crippen molar-refractivity contribution in [1.82, 2.24) is 4.90 Å². The van der Waals surface area contributed by atoms with E-state index in [4.69, 9.17) is 5.11 Å². The molecule has 7 heteroatoms. The van der Waals surface area contributed by atoms with Gasteiger partial charge in [0.05, 0.1) is 23.3 Å². The maximum Gasteiger partial charge on any atom is 0.307 e. The molecule has 0 aromatic heterocycles. The number of benzene rings is 1. The summed E-state index contributed by atoms with van der Waals surface area (Å²) >= 11 is 0. The highest BCUT2D eigenvalue weighted by Gasteiger charge is 2.46. The van der Waals surface area contributed by atoms with Gasteiger partial charge in [-0.05, 0) is 25.7 Å². The Morgan fingerprint density at radius 3 is 2.35 bits per heavy atom. The average molecular weight is 318 g/mol. The Balaban J connectivity index is 1.79. The predicted molar refractivity (Wildman–Crippen MR) is 80.5 cm³/mol. The Kier molecular flexibility index (Phi) is 4.02. The highest BCUT2D eigenvalue weighted by molar-refractivity contribution is 5.86. The molecule has 0 radical (unpaired) electrons. The lowest BCUT2D eigenvalue weighted by Crippen LogP contribution is -2.46. The molecule has 1 aromatic rings. The molecular formula is C16H18N2O5. The highest BCUT2D eigenvalue weighted by Crippen LogP contribution is 2.39. The Morgan fingerprint density at radius 1 is 1.17 bits per heavy atom. The molecule has 122 valence electrons. The Labute approximate surface area is 133 Å². The average Bonchev–Trinajstić information content (AvgIpc) is 3.27. The molecule has 0 saturated heterocycles. The lowest BCUT2D eigenvalue weighted by Gasteiger charge is -2.36. The SMILES string of the molecule is O=C(O)C1CCC1C(=O)N(Cc1ccccc1[N+](=O)[O-])C1CC1. The summed E-state index contributed by atoms with van der Waals surface area (Å²) in [7, 11) is 0. The van der Waals surface area contributed by atoms with Crippen LogP contribution in [-0.2, 0) is 16.1 Å². The summed E-state index contributed by atoms with van der Waals surface area (Å²) in [6, 6.07) is 6.46. The van der Waals surface area contributed by atoms with Crippen LogP contribution in [0, 0.1) is 22.0 Å². The number of hydrogen-bond donors (Lipinski definition) is 1. The van der Waals surface area contributed by atoms with E-state index in [0.29, 0.717) is 18.4 Å². The van der Waals surface area contributed by atoms with Gasteiger partial charge in [-0.1, -0.05) is 18.2 Å². The molecule has 0 bridgehead atoms. The third-order valence-electron chi connectivity index (χ3n) is 4.71. The Morgan fingerprint density at radius 2 is 1.83 bits per heavy atom. The van der Waals surface area contributed by atoms with Crippen LogP contribution in [-0.4, -0.2) is 32.8 Å². The smallest absolute Gasteiger partial charge is 0.307 e. The zero-order valence-corrected chi connectivity index (χ0v) is 12.6. The van der Waals surface area contributed by atoms with E-state index in [2.05, 4.69) is 0 Å². The first kappa shape index (κ1) is 15.5. The van der Waals surface area contributed by atoms with E-state index < -0.39 is 22.7 Å². The third kappa shape index (κ3) is 3.04. The number of amides is 1. The van der Waals surface area contributed by atoms with Crippen molar-refractivity contribution in [2.24, 2.45) is 11.8 Å². The van der Waals surface area contributed by atoms with Crippen molar-refractivity contribution in [3.63, 3.8) is 0 Å². The van der Waals surface area contributed by atoms with Crippen LogP contribution in [0.1, 0.15) is 31.2 Å². The Hall–Kier alpha value is -2.44. The van der Waals surface area contributed by atoms with E-state index in [0.717, 1.165) is 12.8 Å². The van der Waals surface area contributed by atoms with Crippen molar-refractivity contribution in [2.45, 2.75) is 38.3 Å². The molecule has 1 amide bonds. The van der Waals surface area contributed by atoms with Crippen LogP contribution in [0.15, 0.2) is 24.3 Å².